The van der Waals surface area contributed by atoms with Gasteiger partial charge in [0.1, 0.15) is 5.75 Å². The Morgan fingerprint density at radius 2 is 1.84 bits per heavy atom. The minimum absolute atomic E-state index is 0.155. The van der Waals surface area contributed by atoms with Crippen LogP contribution in [0.25, 0.3) is 0 Å². The van der Waals surface area contributed by atoms with Crippen molar-refractivity contribution >= 4 is 11.6 Å². The molecule has 2 rings (SSSR count). The SMILES string of the molecule is CCCCCC(C)NC(=O)CN1CCN(c2ccc(OC)cc2)CC1. The maximum Gasteiger partial charge on any atom is 0.234 e. The molecule has 1 aliphatic rings. The van der Waals surface area contributed by atoms with E-state index in [0.29, 0.717) is 6.54 Å². The fraction of sp³-hybridized carbons (Fsp3) is 0.650. The van der Waals surface area contributed by atoms with E-state index in [4.69, 9.17) is 4.74 Å². The van der Waals surface area contributed by atoms with E-state index in [1.807, 2.05) is 12.1 Å². The molecule has 1 aromatic carbocycles. The Kier molecular flexibility index (Phi) is 8.06. The molecule has 1 aliphatic heterocycles. The van der Waals surface area contributed by atoms with Gasteiger partial charge >= 0.3 is 0 Å². The molecule has 1 atom stereocenters. The van der Waals surface area contributed by atoms with Gasteiger partial charge in [0.15, 0.2) is 0 Å². The molecule has 5 nitrogen and oxygen atoms in total. The zero-order chi connectivity index (χ0) is 18.1. The number of methoxy groups -OCH3 is 1. The molecule has 1 fully saturated rings. The predicted molar refractivity (Wildman–Crippen MR) is 103 cm³/mol. The summed E-state index contributed by atoms with van der Waals surface area (Å²) in [5.41, 5.74) is 1.22. The Bertz CT molecular complexity index is 510. The number of piperazine rings is 1. The molecule has 1 unspecified atom stereocenters. The third kappa shape index (κ3) is 6.58. The van der Waals surface area contributed by atoms with E-state index < -0.39 is 0 Å². The summed E-state index contributed by atoms with van der Waals surface area (Å²) in [5, 5.41) is 3.13. The van der Waals surface area contributed by atoms with Crippen LogP contribution in [-0.4, -0.2) is 56.7 Å². The summed E-state index contributed by atoms with van der Waals surface area (Å²) in [7, 11) is 1.68. The second kappa shape index (κ2) is 10.3. The lowest BCUT2D eigenvalue weighted by atomic mass is 10.1. The second-order valence-electron chi connectivity index (χ2n) is 6.93. The molecule has 0 aliphatic carbocycles. The fourth-order valence-electron chi connectivity index (χ4n) is 3.25. The zero-order valence-corrected chi connectivity index (χ0v) is 16.0. The highest BCUT2D eigenvalue weighted by Gasteiger charge is 2.19. The van der Waals surface area contributed by atoms with E-state index in [9.17, 15) is 4.79 Å². The molecule has 1 saturated heterocycles. The first-order valence-corrected chi connectivity index (χ1v) is 9.53. The highest BCUT2D eigenvalue weighted by Crippen LogP contribution is 2.20. The number of amides is 1. The van der Waals surface area contributed by atoms with Crippen molar-refractivity contribution in [3.8, 4) is 5.75 Å². The Hall–Kier alpha value is -1.75. The van der Waals surface area contributed by atoms with Gasteiger partial charge in [-0.15, -0.1) is 0 Å². The molecule has 5 heteroatoms. The molecule has 140 valence electrons. The number of carbonyl (C=O) groups is 1. The third-order valence-corrected chi connectivity index (χ3v) is 4.83. The largest absolute Gasteiger partial charge is 0.497 e. The fourth-order valence-corrected chi connectivity index (χ4v) is 3.25. The van der Waals surface area contributed by atoms with Crippen molar-refractivity contribution in [2.75, 3.05) is 44.7 Å². The minimum atomic E-state index is 0.155. The lowest BCUT2D eigenvalue weighted by molar-refractivity contribution is -0.123. The molecule has 0 bridgehead atoms. The third-order valence-electron chi connectivity index (χ3n) is 4.83. The van der Waals surface area contributed by atoms with Crippen LogP contribution in [0.1, 0.15) is 39.5 Å². The standard InChI is InChI=1S/C20H33N3O2/c1-4-5-6-7-17(2)21-20(24)16-22-12-14-23(15-13-22)18-8-10-19(25-3)11-9-18/h8-11,17H,4-7,12-16H2,1-3H3,(H,21,24). The van der Waals surface area contributed by atoms with Gasteiger partial charge in [0, 0.05) is 37.9 Å². The molecule has 1 heterocycles. The maximum absolute atomic E-state index is 12.2. The summed E-state index contributed by atoms with van der Waals surface area (Å²) in [6.45, 7) is 8.56. The van der Waals surface area contributed by atoms with Crippen LogP contribution in [-0.2, 0) is 4.79 Å². The summed E-state index contributed by atoms with van der Waals surface area (Å²) in [5.74, 6) is 1.04. The van der Waals surface area contributed by atoms with Crippen LogP contribution >= 0.6 is 0 Å². The van der Waals surface area contributed by atoms with Crippen LogP contribution in [0.4, 0.5) is 5.69 Å². The summed E-state index contributed by atoms with van der Waals surface area (Å²) in [4.78, 5) is 16.8. The van der Waals surface area contributed by atoms with Gasteiger partial charge in [-0.2, -0.15) is 0 Å². The van der Waals surface area contributed by atoms with E-state index in [0.717, 1.165) is 38.3 Å². The molecule has 0 radical (unpaired) electrons. The van der Waals surface area contributed by atoms with Crippen LogP contribution in [0.3, 0.4) is 0 Å². The van der Waals surface area contributed by atoms with Crippen molar-refractivity contribution < 1.29 is 9.53 Å². The van der Waals surface area contributed by atoms with Gasteiger partial charge in [-0.05, 0) is 37.6 Å². The van der Waals surface area contributed by atoms with Crippen LogP contribution in [0.15, 0.2) is 24.3 Å². The maximum atomic E-state index is 12.2. The number of rotatable bonds is 9. The van der Waals surface area contributed by atoms with Gasteiger partial charge in [-0.25, -0.2) is 0 Å². The molecule has 25 heavy (non-hydrogen) atoms. The number of carbonyl (C=O) groups excluding carboxylic acids is 1. The van der Waals surface area contributed by atoms with Gasteiger partial charge in [0.25, 0.3) is 0 Å². The van der Waals surface area contributed by atoms with Crippen LogP contribution < -0.4 is 15.0 Å². The zero-order valence-electron chi connectivity index (χ0n) is 16.0. The lowest BCUT2D eigenvalue weighted by Gasteiger charge is -2.36. The van der Waals surface area contributed by atoms with Gasteiger partial charge in [0.05, 0.1) is 13.7 Å². The van der Waals surface area contributed by atoms with Gasteiger partial charge in [0.2, 0.25) is 5.91 Å². The first-order valence-electron chi connectivity index (χ1n) is 9.53. The number of anilines is 1. The predicted octanol–water partition coefficient (Wildman–Crippen LogP) is 2.90. The Morgan fingerprint density at radius 1 is 1.16 bits per heavy atom. The molecule has 1 amide bonds. The number of nitrogens with zero attached hydrogens (tertiary/aromatic N) is 2. The number of hydrogen-bond acceptors (Lipinski definition) is 4. The number of ether oxygens (including phenoxy) is 1. The van der Waals surface area contributed by atoms with Gasteiger partial charge in [-0.1, -0.05) is 26.2 Å². The van der Waals surface area contributed by atoms with Crippen molar-refractivity contribution in [1.29, 1.82) is 0 Å². The number of unbranched alkanes of at least 4 members (excludes halogenated alkanes) is 2. The van der Waals surface area contributed by atoms with Gasteiger partial charge in [-0.3, -0.25) is 9.69 Å². The van der Waals surface area contributed by atoms with E-state index in [2.05, 4.69) is 41.1 Å². The number of hydrogen-bond donors (Lipinski definition) is 1. The highest BCUT2D eigenvalue weighted by atomic mass is 16.5. The molecule has 1 N–H and O–H groups in total. The van der Waals surface area contributed by atoms with Crippen LogP contribution in [0, 0.1) is 0 Å². The normalized spacial score (nSPS) is 16.5. The molecule has 0 saturated carbocycles. The van der Waals surface area contributed by atoms with Crippen molar-refractivity contribution in [3.05, 3.63) is 24.3 Å². The smallest absolute Gasteiger partial charge is 0.234 e. The first kappa shape index (κ1) is 19.6. The first-order chi connectivity index (χ1) is 12.1. The van der Waals surface area contributed by atoms with E-state index in [1.54, 1.807) is 7.11 Å². The van der Waals surface area contributed by atoms with Crippen molar-refractivity contribution in [2.45, 2.75) is 45.6 Å². The topological polar surface area (TPSA) is 44.8 Å². The lowest BCUT2D eigenvalue weighted by Crippen LogP contribution is -2.50. The monoisotopic (exact) mass is 347 g/mol. The summed E-state index contributed by atoms with van der Waals surface area (Å²) in [6.07, 6.45) is 4.73. The molecular weight excluding hydrogens is 314 g/mol. The Morgan fingerprint density at radius 3 is 2.44 bits per heavy atom. The van der Waals surface area contributed by atoms with Crippen LogP contribution in [0.5, 0.6) is 5.75 Å². The summed E-state index contributed by atoms with van der Waals surface area (Å²) >= 11 is 0. The quantitative estimate of drug-likeness (QED) is 0.698. The second-order valence-corrected chi connectivity index (χ2v) is 6.93. The van der Waals surface area contributed by atoms with E-state index >= 15 is 0 Å². The molecule has 1 aromatic rings. The van der Waals surface area contributed by atoms with Crippen molar-refractivity contribution in [1.82, 2.24) is 10.2 Å². The summed E-state index contributed by atoms with van der Waals surface area (Å²) < 4.78 is 5.21. The molecule has 0 spiro atoms. The molecule has 0 aromatic heterocycles. The van der Waals surface area contributed by atoms with Crippen molar-refractivity contribution in [2.24, 2.45) is 0 Å². The average Bonchev–Trinajstić information content (AvgIpc) is 2.62. The van der Waals surface area contributed by atoms with Gasteiger partial charge < -0.3 is 15.0 Å². The highest BCUT2D eigenvalue weighted by molar-refractivity contribution is 5.78. The van der Waals surface area contributed by atoms with E-state index in [1.165, 1.54) is 24.9 Å². The van der Waals surface area contributed by atoms with E-state index in [-0.39, 0.29) is 11.9 Å². The molecular formula is C20H33N3O2. The Balaban J connectivity index is 1.69. The van der Waals surface area contributed by atoms with Crippen molar-refractivity contribution in [3.63, 3.8) is 0 Å². The Labute approximate surface area is 152 Å². The number of nitrogens with one attached hydrogen (secondary N) is 1. The summed E-state index contributed by atoms with van der Waals surface area (Å²) in [6, 6.07) is 8.46. The number of benzene rings is 1. The average molecular weight is 348 g/mol. The minimum Gasteiger partial charge on any atom is -0.497 e. The van der Waals surface area contributed by atoms with Crippen LogP contribution in [0.2, 0.25) is 0 Å².